The molecule has 3 aliphatic carbocycles. The van der Waals surface area contributed by atoms with E-state index in [1.54, 1.807) is 65.8 Å². The maximum atomic E-state index is 14.4. The van der Waals surface area contributed by atoms with Gasteiger partial charge in [0.1, 0.15) is 41.4 Å². The lowest BCUT2D eigenvalue weighted by Gasteiger charge is -2.64. The minimum absolute atomic E-state index is 0.00438. The normalized spacial score (nSPS) is 20.6. The van der Waals surface area contributed by atoms with E-state index in [1.165, 1.54) is 12.5 Å². The molecule has 0 radical (unpaired) electrons. The van der Waals surface area contributed by atoms with Gasteiger partial charge in [0.25, 0.3) is 11.8 Å². The number of hydrogen-bond acceptors (Lipinski definition) is 16. The standard InChI is InChI=1S/C61H95BN10O14/c1-14-15-18-37-20-22-38(23-21-37)39-24-26-40(27-25-39)49(74)70-44(33-66-57(81)84-59(8,9)10)52(77)68-43(28-29-47(73)67-36(4)54(79)82-34-35(2)3)50(75)71-48(63)53(78)69-42(19-16-17-30-65-56(80)83-58(5,6)7)51(76)72-55(64)62-85-46-32-41-31-45(60(41,11)12)61(46,13)86-62/h20-27,35-36,41-46,48,55H,14-19,28-34,63-64H2,1-13H3,(H,65,80)(H,66,81)(H,67,73)(H,68,77)(H,69,78)(H,70,74)(H,71,75)(H,72,76)/t36-,41+,42+,43+,44+,45+,46-,48-,55-,61+/m1/s1. The van der Waals surface area contributed by atoms with Crippen LogP contribution in [-0.2, 0) is 58.7 Å². The van der Waals surface area contributed by atoms with Gasteiger partial charge in [-0.05, 0) is 159 Å². The molecule has 1 aliphatic heterocycles. The number of nitrogens with one attached hydrogen (secondary N) is 8. The van der Waals surface area contributed by atoms with Gasteiger partial charge in [0.2, 0.25) is 23.6 Å². The Balaban J connectivity index is 1.34. The van der Waals surface area contributed by atoms with E-state index in [2.05, 4.69) is 75.4 Å². The van der Waals surface area contributed by atoms with Crippen LogP contribution in [0.1, 0.15) is 164 Å². The number of amides is 8. The molecule has 2 aromatic carbocycles. The zero-order chi connectivity index (χ0) is 63.9. The molecule has 1 saturated heterocycles. The van der Waals surface area contributed by atoms with Crippen LogP contribution in [0.25, 0.3) is 11.1 Å². The third kappa shape index (κ3) is 20.7. The molecule has 8 amide bonds. The molecule has 86 heavy (non-hydrogen) atoms. The number of carbonyl (C=O) groups excluding carboxylic acids is 9. The number of hydrogen-bond donors (Lipinski definition) is 10. The fourth-order valence-corrected chi connectivity index (χ4v) is 10.8. The first kappa shape index (κ1) is 69.9. The molecule has 6 rings (SSSR count). The molecule has 12 N–H and O–H groups in total. The third-order valence-corrected chi connectivity index (χ3v) is 15.7. The lowest BCUT2D eigenvalue weighted by Crippen LogP contribution is -2.65. The molecule has 0 aromatic heterocycles. The van der Waals surface area contributed by atoms with Crippen LogP contribution in [0.4, 0.5) is 9.59 Å². The molecular formula is C61H95BN10O14. The average molecular weight is 1200 g/mol. The van der Waals surface area contributed by atoms with Crippen LogP contribution in [0.15, 0.2) is 48.5 Å². The number of rotatable bonds is 29. The van der Waals surface area contributed by atoms with Crippen molar-refractivity contribution in [2.45, 2.75) is 214 Å². The summed E-state index contributed by atoms with van der Waals surface area (Å²) >= 11 is 0. The van der Waals surface area contributed by atoms with E-state index >= 15 is 0 Å². The van der Waals surface area contributed by atoms with Crippen LogP contribution in [-0.4, -0.2) is 140 Å². The molecule has 1 heterocycles. The largest absolute Gasteiger partial charge is 0.497 e. The first-order chi connectivity index (χ1) is 40.2. The molecule has 24 nitrogen and oxygen atoms in total. The van der Waals surface area contributed by atoms with Crippen LogP contribution < -0.4 is 54.0 Å². The molecule has 476 valence electrons. The van der Waals surface area contributed by atoms with Gasteiger partial charge >= 0.3 is 25.3 Å². The van der Waals surface area contributed by atoms with E-state index in [0.717, 1.165) is 43.2 Å². The molecular weight excluding hydrogens is 1110 g/mol. The van der Waals surface area contributed by atoms with Crippen molar-refractivity contribution in [2.75, 3.05) is 19.7 Å². The molecule has 2 bridgehead atoms. The van der Waals surface area contributed by atoms with Gasteiger partial charge in [-0.1, -0.05) is 77.4 Å². The Hall–Kier alpha value is -6.83. The highest BCUT2D eigenvalue weighted by molar-refractivity contribution is 6.47. The third-order valence-electron chi connectivity index (χ3n) is 15.7. The molecule has 4 fully saturated rings. The van der Waals surface area contributed by atoms with E-state index in [1.807, 2.05) is 32.9 Å². The second-order valence-electron chi connectivity index (χ2n) is 26.0. The molecule has 10 atom stereocenters. The Morgan fingerprint density at radius 3 is 1.84 bits per heavy atom. The topological polar surface area (TPSA) is 348 Å². The zero-order valence-electron chi connectivity index (χ0n) is 52.5. The Bertz CT molecular complexity index is 2680. The summed E-state index contributed by atoms with van der Waals surface area (Å²) in [6, 6.07) is 7.98. The van der Waals surface area contributed by atoms with Gasteiger partial charge in [-0.15, -0.1) is 0 Å². The first-order valence-electron chi connectivity index (χ1n) is 30.1. The number of benzene rings is 2. The Labute approximate surface area is 506 Å². The fourth-order valence-electron chi connectivity index (χ4n) is 10.8. The fraction of sp³-hybridized carbons (Fsp3) is 0.656. The van der Waals surface area contributed by atoms with Crippen molar-refractivity contribution in [1.82, 2.24) is 42.5 Å². The lowest BCUT2D eigenvalue weighted by atomic mass is 9.43. The van der Waals surface area contributed by atoms with Crippen molar-refractivity contribution < 1.29 is 66.7 Å². The number of carbonyl (C=O) groups is 9. The molecule has 25 heteroatoms. The summed E-state index contributed by atoms with van der Waals surface area (Å²) in [4.78, 5) is 122. The van der Waals surface area contributed by atoms with E-state index in [0.29, 0.717) is 12.3 Å². The smallest absolute Gasteiger partial charge is 0.464 e. The van der Waals surface area contributed by atoms with Crippen molar-refractivity contribution in [2.24, 2.45) is 34.6 Å². The van der Waals surface area contributed by atoms with Gasteiger partial charge in [-0.25, -0.2) is 14.4 Å². The summed E-state index contributed by atoms with van der Waals surface area (Å²) in [6.45, 7) is 23.5. The van der Waals surface area contributed by atoms with E-state index in [-0.39, 0.29) is 54.9 Å². The summed E-state index contributed by atoms with van der Waals surface area (Å²) in [5.41, 5.74) is 13.8. The van der Waals surface area contributed by atoms with Gasteiger partial charge in [-0.3, -0.25) is 28.8 Å². The minimum Gasteiger partial charge on any atom is -0.464 e. The van der Waals surface area contributed by atoms with Crippen LogP contribution in [0.2, 0.25) is 0 Å². The molecule has 0 unspecified atom stereocenters. The van der Waals surface area contributed by atoms with Crippen molar-refractivity contribution in [3.63, 3.8) is 0 Å². The quantitative estimate of drug-likeness (QED) is 0.0176. The predicted octanol–water partition coefficient (Wildman–Crippen LogP) is 4.54. The first-order valence-corrected chi connectivity index (χ1v) is 30.1. The minimum atomic E-state index is -1.88. The van der Waals surface area contributed by atoms with Crippen LogP contribution in [0.3, 0.4) is 0 Å². The van der Waals surface area contributed by atoms with Crippen LogP contribution in [0.5, 0.6) is 0 Å². The predicted molar refractivity (Wildman–Crippen MR) is 323 cm³/mol. The number of aryl methyl sites for hydroxylation is 1. The number of ether oxygens (including phenoxy) is 3. The number of esters is 1. The molecule has 0 spiro atoms. The van der Waals surface area contributed by atoms with E-state index < -0.39 is 133 Å². The summed E-state index contributed by atoms with van der Waals surface area (Å²) in [7, 11) is -1.01. The summed E-state index contributed by atoms with van der Waals surface area (Å²) in [5, 5.41) is 20.5. The monoisotopic (exact) mass is 1200 g/mol. The second kappa shape index (κ2) is 30.7. The SMILES string of the molecule is CCCCc1ccc(-c2ccc(C(=O)N[C@@H](CNC(=O)OC(C)(C)C)C(=O)N[C@@H](CCC(=O)N[C@H](C)C(=O)OCC(C)C)C(=O)N[C@@H](N)C(=O)N[C@@H](CCCCNC(=O)OC(C)(C)C)C(=O)N[C@@H](N)B3O[C@@H]4C[C@@H]5C[C@@H](C5(C)C)[C@]4(C)O3)cc2)cc1. The lowest BCUT2D eigenvalue weighted by molar-refractivity contribution is -0.199. The van der Waals surface area contributed by atoms with Gasteiger partial charge in [0, 0.05) is 18.5 Å². The summed E-state index contributed by atoms with van der Waals surface area (Å²) in [5.74, 6) is -5.27. The highest BCUT2D eigenvalue weighted by atomic mass is 16.7. The average Bonchev–Trinajstić information content (AvgIpc) is 1.35. The van der Waals surface area contributed by atoms with Gasteiger partial charge in [0.05, 0.1) is 24.9 Å². The van der Waals surface area contributed by atoms with Crippen molar-refractivity contribution in [3.05, 3.63) is 59.7 Å². The van der Waals surface area contributed by atoms with Gasteiger partial charge < -0.3 is 77.5 Å². The van der Waals surface area contributed by atoms with Crippen molar-refractivity contribution in [1.29, 1.82) is 0 Å². The van der Waals surface area contributed by atoms with Crippen molar-refractivity contribution in [3.8, 4) is 11.1 Å². The summed E-state index contributed by atoms with van der Waals surface area (Å²) in [6.07, 6.45) is 0.912. The maximum absolute atomic E-state index is 14.4. The molecule has 4 aliphatic rings. The van der Waals surface area contributed by atoms with Gasteiger partial charge in [0.15, 0.2) is 6.17 Å². The number of nitrogens with two attached hydrogens (primary N) is 2. The summed E-state index contributed by atoms with van der Waals surface area (Å²) < 4.78 is 28.7. The maximum Gasteiger partial charge on any atom is 0.497 e. The number of unbranched alkanes of at least 4 members (excludes halogenated alkanes) is 2. The Morgan fingerprint density at radius 2 is 1.24 bits per heavy atom. The second-order valence-corrected chi connectivity index (χ2v) is 26.0. The Kier molecular flexibility index (Phi) is 25.0. The number of alkyl carbamates (subject to hydrolysis) is 2. The van der Waals surface area contributed by atoms with Crippen molar-refractivity contribution >= 4 is 60.7 Å². The van der Waals surface area contributed by atoms with Crippen LogP contribution in [0, 0.1) is 23.2 Å². The zero-order valence-corrected chi connectivity index (χ0v) is 52.5. The molecule has 2 aromatic rings. The van der Waals surface area contributed by atoms with Gasteiger partial charge in [-0.2, -0.15) is 0 Å². The molecule has 3 saturated carbocycles. The van der Waals surface area contributed by atoms with E-state index in [4.69, 9.17) is 35.0 Å². The highest BCUT2D eigenvalue weighted by Gasteiger charge is 2.68. The Morgan fingerprint density at radius 1 is 0.674 bits per heavy atom. The van der Waals surface area contributed by atoms with E-state index in [9.17, 15) is 43.2 Å². The highest BCUT2D eigenvalue weighted by Crippen LogP contribution is 2.65. The van der Waals surface area contributed by atoms with Crippen LogP contribution >= 0.6 is 0 Å².